The maximum Gasteiger partial charge on any atom is 0.317 e. The van der Waals surface area contributed by atoms with Crippen molar-refractivity contribution in [1.29, 1.82) is 0 Å². The summed E-state index contributed by atoms with van der Waals surface area (Å²) in [4.78, 5) is 60.6. The van der Waals surface area contributed by atoms with Crippen LogP contribution in [0.3, 0.4) is 0 Å². The fraction of sp³-hybridized carbons (Fsp3) is 0.308. The van der Waals surface area contributed by atoms with Crippen LogP contribution in [0.1, 0.15) is 63.0 Å². The Hall–Kier alpha value is -6.80. The summed E-state index contributed by atoms with van der Waals surface area (Å²) >= 11 is 0. The Labute approximate surface area is 378 Å². The lowest BCUT2D eigenvalue weighted by Crippen LogP contribution is -2.36. The van der Waals surface area contributed by atoms with E-state index in [1.807, 2.05) is 60.7 Å². The Balaban J connectivity index is 0.785. The Kier molecular flexibility index (Phi) is 14.6. The number of esters is 1. The second-order valence-electron chi connectivity index (χ2n) is 16.9. The van der Waals surface area contributed by atoms with Gasteiger partial charge in [-0.25, -0.2) is 0 Å². The largest absolute Gasteiger partial charge is 0.506 e. The third-order valence-electron chi connectivity index (χ3n) is 12.4. The number of ether oxygens (including phenoxy) is 2. The van der Waals surface area contributed by atoms with E-state index in [0.29, 0.717) is 66.4 Å². The molecule has 0 radical (unpaired) electrons. The van der Waals surface area contributed by atoms with Gasteiger partial charge in [0.1, 0.15) is 17.4 Å². The van der Waals surface area contributed by atoms with Crippen molar-refractivity contribution in [3.63, 3.8) is 0 Å². The minimum atomic E-state index is -0.862. The minimum Gasteiger partial charge on any atom is -0.506 e. The molecule has 3 heterocycles. The van der Waals surface area contributed by atoms with E-state index in [-0.39, 0.29) is 54.4 Å². The van der Waals surface area contributed by atoms with Gasteiger partial charge in [0.15, 0.2) is 6.61 Å². The van der Waals surface area contributed by atoms with Crippen molar-refractivity contribution in [2.45, 2.75) is 37.8 Å². The topological polar surface area (TPSA) is 165 Å². The van der Waals surface area contributed by atoms with Crippen LogP contribution in [0.2, 0.25) is 0 Å². The molecule has 2 unspecified atom stereocenters. The van der Waals surface area contributed by atoms with Crippen LogP contribution in [0.4, 0.5) is 0 Å². The summed E-state index contributed by atoms with van der Waals surface area (Å²) in [5.41, 5.74) is 4.89. The molecule has 13 nitrogen and oxygen atoms in total. The number of carbonyl (C=O) groups excluding carboxylic acids is 3. The SMILES string of the molecule is O=C(OCC1CCN(Cc2ccccc2)CC1)C(c1ccccc1)c1cccc(OCC(=O)N2CCN(C(=O)c3ccc(CCNCC(O)c4ccc(O)c5[nH]c(=O)ccc45)cc3)C2)c1. The van der Waals surface area contributed by atoms with Crippen molar-refractivity contribution in [2.75, 3.05) is 59.2 Å². The Morgan fingerprint density at radius 3 is 2.26 bits per heavy atom. The van der Waals surface area contributed by atoms with Gasteiger partial charge in [-0.3, -0.25) is 24.1 Å². The summed E-state index contributed by atoms with van der Waals surface area (Å²) < 4.78 is 12.0. The van der Waals surface area contributed by atoms with Gasteiger partial charge in [-0.15, -0.1) is 0 Å². The number of carbonyl (C=O) groups is 3. The number of nitrogens with one attached hydrogen (secondary N) is 2. The van der Waals surface area contributed by atoms with E-state index in [2.05, 4.69) is 39.5 Å². The van der Waals surface area contributed by atoms with Crippen LogP contribution >= 0.6 is 0 Å². The molecule has 2 saturated heterocycles. The van der Waals surface area contributed by atoms with Crippen LogP contribution in [0.25, 0.3) is 10.9 Å². The first kappa shape index (κ1) is 44.8. The number of aromatic hydroxyl groups is 1. The predicted molar refractivity (Wildman–Crippen MR) is 247 cm³/mol. The van der Waals surface area contributed by atoms with Crippen LogP contribution < -0.4 is 15.6 Å². The van der Waals surface area contributed by atoms with E-state index in [4.69, 9.17) is 9.47 Å². The number of aromatic amines is 1. The van der Waals surface area contributed by atoms with Gasteiger partial charge < -0.3 is 39.8 Å². The molecule has 4 N–H and O–H groups in total. The molecule has 1 aromatic heterocycles. The number of phenols is 1. The third kappa shape index (κ3) is 11.5. The average Bonchev–Trinajstić information content (AvgIpc) is 3.84. The maximum atomic E-state index is 13.8. The van der Waals surface area contributed by atoms with Crippen molar-refractivity contribution in [3.8, 4) is 11.5 Å². The predicted octanol–water partition coefficient (Wildman–Crippen LogP) is 6.01. The molecule has 13 heteroatoms. The number of likely N-dealkylation sites (tertiary alicyclic amines) is 1. The molecule has 6 aromatic rings. The second kappa shape index (κ2) is 21.3. The molecule has 65 heavy (non-hydrogen) atoms. The Bertz CT molecular complexity index is 2610. The second-order valence-corrected chi connectivity index (χ2v) is 16.9. The summed E-state index contributed by atoms with van der Waals surface area (Å²) in [5, 5.41) is 24.8. The highest BCUT2D eigenvalue weighted by molar-refractivity contribution is 5.95. The van der Waals surface area contributed by atoms with E-state index in [1.165, 1.54) is 17.7 Å². The van der Waals surface area contributed by atoms with E-state index in [1.54, 1.807) is 46.2 Å². The van der Waals surface area contributed by atoms with Crippen molar-refractivity contribution in [1.82, 2.24) is 25.0 Å². The maximum absolute atomic E-state index is 13.8. The quantitative estimate of drug-likeness (QED) is 0.0631. The Morgan fingerprint density at radius 2 is 1.49 bits per heavy atom. The third-order valence-corrected chi connectivity index (χ3v) is 12.4. The molecule has 0 saturated carbocycles. The first-order valence-electron chi connectivity index (χ1n) is 22.3. The monoisotopic (exact) mass is 877 g/mol. The smallest absolute Gasteiger partial charge is 0.317 e. The normalized spacial score (nSPS) is 15.5. The fourth-order valence-electron chi connectivity index (χ4n) is 8.65. The number of hydrogen-bond acceptors (Lipinski definition) is 10. The standard InChI is InChI=1S/C52H55N5O8/c58-45-20-18-43(44-19-21-47(60)54-50(44)45)46(59)31-53-25-22-36-14-16-40(17-15-36)51(62)57-29-28-56(35-57)48(61)34-64-42-13-7-12-41(30-42)49(39-10-5-2-6-11-39)52(63)65-33-38-23-26-55(27-24-38)32-37-8-3-1-4-9-37/h1-21,30,38,46,49,53,58-59H,22-29,31-35H2,(H,54,60). The number of fused-ring (bicyclic) bond motifs is 1. The summed E-state index contributed by atoms with van der Waals surface area (Å²) in [5.74, 6) is -0.706. The highest BCUT2D eigenvalue weighted by Crippen LogP contribution is 2.31. The number of rotatable bonds is 17. The molecule has 2 aliphatic heterocycles. The highest BCUT2D eigenvalue weighted by atomic mass is 16.5. The van der Waals surface area contributed by atoms with Gasteiger partial charge in [0.2, 0.25) is 5.56 Å². The van der Waals surface area contributed by atoms with Gasteiger partial charge in [-0.05, 0) is 109 Å². The zero-order chi connectivity index (χ0) is 45.1. The molecule has 2 amide bonds. The van der Waals surface area contributed by atoms with Crippen LogP contribution in [0.5, 0.6) is 11.5 Å². The van der Waals surface area contributed by atoms with Gasteiger partial charge in [0, 0.05) is 43.2 Å². The van der Waals surface area contributed by atoms with Crippen molar-refractivity contribution in [2.24, 2.45) is 5.92 Å². The number of phenolic OH excluding ortho intramolecular Hbond substituents is 1. The first-order valence-corrected chi connectivity index (χ1v) is 22.3. The van der Waals surface area contributed by atoms with E-state index in [9.17, 15) is 29.4 Å². The van der Waals surface area contributed by atoms with E-state index in [0.717, 1.165) is 43.6 Å². The molecule has 2 aliphatic rings. The molecule has 0 spiro atoms. The molecule has 0 bridgehead atoms. The number of amides is 2. The summed E-state index contributed by atoms with van der Waals surface area (Å²) in [6.45, 7) is 4.76. The Morgan fingerprint density at radius 1 is 0.769 bits per heavy atom. The number of benzene rings is 5. The van der Waals surface area contributed by atoms with E-state index >= 15 is 0 Å². The highest BCUT2D eigenvalue weighted by Gasteiger charge is 2.30. The number of nitrogens with zero attached hydrogens (tertiary/aromatic N) is 3. The van der Waals surface area contributed by atoms with Gasteiger partial charge in [-0.2, -0.15) is 0 Å². The molecule has 2 fully saturated rings. The van der Waals surface area contributed by atoms with Crippen LogP contribution in [0.15, 0.2) is 138 Å². The number of aliphatic hydroxyl groups excluding tert-OH is 1. The van der Waals surface area contributed by atoms with Gasteiger partial charge in [-0.1, -0.05) is 91.0 Å². The lowest BCUT2D eigenvalue weighted by molar-refractivity contribution is -0.146. The van der Waals surface area contributed by atoms with Gasteiger partial charge in [0.25, 0.3) is 11.8 Å². The summed E-state index contributed by atoms with van der Waals surface area (Å²) in [6, 6.07) is 40.7. The number of aromatic nitrogens is 1. The van der Waals surface area contributed by atoms with E-state index < -0.39 is 12.0 Å². The molecule has 2 atom stereocenters. The van der Waals surface area contributed by atoms with Crippen molar-refractivity contribution >= 4 is 28.7 Å². The van der Waals surface area contributed by atoms with Crippen molar-refractivity contribution in [3.05, 3.63) is 177 Å². The zero-order valence-electron chi connectivity index (χ0n) is 36.3. The number of pyridine rings is 1. The average molecular weight is 878 g/mol. The number of H-pyrrole nitrogens is 1. The number of piperidine rings is 1. The van der Waals surface area contributed by atoms with Crippen molar-refractivity contribution < 1.29 is 34.1 Å². The lowest BCUT2D eigenvalue weighted by atomic mass is 9.91. The van der Waals surface area contributed by atoms with Crippen LogP contribution in [-0.4, -0.2) is 107 Å². The molecular weight excluding hydrogens is 823 g/mol. The number of aliphatic hydroxyl groups is 1. The summed E-state index contributed by atoms with van der Waals surface area (Å²) in [7, 11) is 0. The lowest BCUT2D eigenvalue weighted by Gasteiger charge is -2.32. The summed E-state index contributed by atoms with van der Waals surface area (Å²) in [6.07, 6.45) is 1.73. The van der Waals surface area contributed by atoms with Gasteiger partial charge >= 0.3 is 5.97 Å². The van der Waals surface area contributed by atoms with Crippen LogP contribution in [-0.2, 0) is 27.3 Å². The molecule has 8 rings (SSSR count). The van der Waals surface area contributed by atoms with Crippen LogP contribution in [0, 0.1) is 5.92 Å². The van der Waals surface area contributed by atoms with Gasteiger partial charge in [0.05, 0.1) is 24.9 Å². The minimum absolute atomic E-state index is 0.0605. The molecule has 0 aliphatic carbocycles. The number of hydrogen-bond donors (Lipinski definition) is 4. The molecular formula is C52H55N5O8. The zero-order valence-corrected chi connectivity index (χ0v) is 36.3. The molecule has 5 aromatic carbocycles. The fourth-order valence-corrected chi connectivity index (χ4v) is 8.65. The first-order chi connectivity index (χ1) is 31.7. The molecule has 336 valence electrons.